The number of ether oxygens (including phenoxy) is 2. The number of hydrogen-bond donors (Lipinski definition) is 1. The Morgan fingerprint density at radius 1 is 1.14 bits per heavy atom. The number of H-pyrrole nitrogens is 1. The highest BCUT2D eigenvalue weighted by Gasteiger charge is 2.35. The molecule has 1 aromatic carbocycles. The van der Waals surface area contributed by atoms with Gasteiger partial charge in [-0.1, -0.05) is 18.9 Å². The first-order chi connectivity index (χ1) is 10.5. The molecule has 0 bridgehead atoms. The molecule has 0 saturated heterocycles. The second-order valence-corrected chi connectivity index (χ2v) is 6.86. The van der Waals surface area contributed by atoms with Crippen molar-refractivity contribution < 1.29 is 9.47 Å². The lowest BCUT2D eigenvalue weighted by molar-refractivity contribution is -0.0432. The highest BCUT2D eigenvalue weighted by atomic mass is 16.7. The molecule has 1 aliphatic carbocycles. The van der Waals surface area contributed by atoms with Gasteiger partial charge in [0.05, 0.1) is 11.9 Å². The molecule has 0 atom stereocenters. The lowest BCUT2D eigenvalue weighted by Crippen LogP contribution is -2.29. The van der Waals surface area contributed by atoms with Crippen LogP contribution in [0.1, 0.15) is 56.8 Å². The number of rotatable bonds is 2. The lowest BCUT2D eigenvalue weighted by Gasteiger charge is -2.16. The Hall–Kier alpha value is -1.97. The Morgan fingerprint density at radius 2 is 1.86 bits per heavy atom. The van der Waals surface area contributed by atoms with Crippen molar-refractivity contribution in [3.63, 3.8) is 0 Å². The van der Waals surface area contributed by atoms with Crippen molar-refractivity contribution in [2.45, 2.75) is 58.2 Å². The third-order valence-corrected chi connectivity index (χ3v) is 4.63. The summed E-state index contributed by atoms with van der Waals surface area (Å²) in [7, 11) is 0. The van der Waals surface area contributed by atoms with Crippen molar-refractivity contribution >= 4 is 0 Å². The summed E-state index contributed by atoms with van der Waals surface area (Å²) >= 11 is 0. The van der Waals surface area contributed by atoms with Crippen molar-refractivity contribution in [3.8, 4) is 22.8 Å². The molecule has 4 rings (SSSR count). The number of aryl methyl sites for hydroxylation is 1. The van der Waals surface area contributed by atoms with Crippen LogP contribution < -0.4 is 9.47 Å². The Bertz CT molecular complexity index is 712. The van der Waals surface area contributed by atoms with Gasteiger partial charge in [0, 0.05) is 25.3 Å². The minimum Gasteiger partial charge on any atom is -0.449 e. The number of imidazole rings is 1. The quantitative estimate of drug-likeness (QED) is 0.884. The third-order valence-electron chi connectivity index (χ3n) is 4.63. The molecule has 1 aromatic heterocycles. The molecule has 0 spiro atoms. The molecule has 22 heavy (non-hydrogen) atoms. The molecular formula is C18H22N2O2. The first-order valence-electron chi connectivity index (χ1n) is 8.10. The minimum absolute atomic E-state index is 0.584. The molecule has 2 aromatic rings. The van der Waals surface area contributed by atoms with Gasteiger partial charge in [-0.3, -0.25) is 0 Å². The van der Waals surface area contributed by atoms with E-state index in [0.29, 0.717) is 5.92 Å². The Morgan fingerprint density at radius 3 is 2.64 bits per heavy atom. The summed E-state index contributed by atoms with van der Waals surface area (Å²) in [6.45, 7) is 5.92. The van der Waals surface area contributed by atoms with Crippen LogP contribution in [0.15, 0.2) is 18.3 Å². The lowest BCUT2D eigenvalue weighted by atomic mass is 10.1. The molecule has 4 heteroatoms. The average Bonchev–Trinajstić information content (AvgIpc) is 3.15. The second kappa shape index (κ2) is 4.77. The van der Waals surface area contributed by atoms with Crippen molar-refractivity contribution in [3.05, 3.63) is 29.7 Å². The summed E-state index contributed by atoms with van der Waals surface area (Å²) in [5, 5.41) is 0. The van der Waals surface area contributed by atoms with E-state index < -0.39 is 5.79 Å². The van der Waals surface area contributed by atoms with E-state index in [1.807, 2.05) is 27.0 Å². The molecule has 1 saturated carbocycles. The SMILES string of the molecule is Cc1ccc(-c2cnc(C3CCCC3)[nH]2)c2c1OC(C)(C)O2. The van der Waals surface area contributed by atoms with E-state index in [1.54, 1.807) is 0 Å². The first-order valence-corrected chi connectivity index (χ1v) is 8.10. The van der Waals surface area contributed by atoms with Crippen LogP contribution in [0.2, 0.25) is 0 Å². The van der Waals surface area contributed by atoms with E-state index in [4.69, 9.17) is 9.47 Å². The molecule has 116 valence electrons. The molecule has 1 N–H and O–H groups in total. The largest absolute Gasteiger partial charge is 0.449 e. The number of hydrogen-bond acceptors (Lipinski definition) is 3. The second-order valence-electron chi connectivity index (χ2n) is 6.86. The smallest absolute Gasteiger partial charge is 0.246 e. The van der Waals surface area contributed by atoms with Crippen molar-refractivity contribution in [2.75, 3.05) is 0 Å². The maximum absolute atomic E-state index is 6.03. The van der Waals surface area contributed by atoms with E-state index in [1.165, 1.54) is 25.7 Å². The molecule has 4 nitrogen and oxygen atoms in total. The standard InChI is InChI=1S/C18H22N2O2/c1-11-8-9-13(16-15(11)21-18(2,3)22-16)14-10-19-17(20-14)12-6-4-5-7-12/h8-10,12H,4-7H2,1-3H3,(H,19,20). The number of aromatic nitrogens is 2. The van der Waals surface area contributed by atoms with Crippen molar-refractivity contribution in [1.82, 2.24) is 9.97 Å². The van der Waals surface area contributed by atoms with E-state index in [2.05, 4.69) is 22.1 Å². The van der Waals surface area contributed by atoms with Crippen LogP contribution >= 0.6 is 0 Å². The molecule has 0 radical (unpaired) electrons. The fraction of sp³-hybridized carbons (Fsp3) is 0.500. The summed E-state index contributed by atoms with van der Waals surface area (Å²) in [6.07, 6.45) is 7.03. The highest BCUT2D eigenvalue weighted by Crippen LogP contribution is 2.47. The summed E-state index contributed by atoms with van der Waals surface area (Å²) in [5.41, 5.74) is 3.14. The molecule has 0 amide bonds. The fourth-order valence-corrected chi connectivity index (χ4v) is 3.49. The number of fused-ring (bicyclic) bond motifs is 1. The number of benzene rings is 1. The van der Waals surface area contributed by atoms with Crippen LogP contribution in [0.5, 0.6) is 11.5 Å². The van der Waals surface area contributed by atoms with E-state index >= 15 is 0 Å². The molecule has 1 aliphatic heterocycles. The third kappa shape index (κ3) is 2.18. The monoisotopic (exact) mass is 298 g/mol. The van der Waals surface area contributed by atoms with Crippen LogP contribution in [0.25, 0.3) is 11.3 Å². The van der Waals surface area contributed by atoms with E-state index in [0.717, 1.165) is 34.1 Å². The summed E-state index contributed by atoms with van der Waals surface area (Å²) in [5.74, 6) is 2.75. The topological polar surface area (TPSA) is 47.1 Å². The predicted octanol–water partition coefficient (Wildman–Crippen LogP) is 4.55. The Labute approximate surface area is 130 Å². The fourth-order valence-electron chi connectivity index (χ4n) is 3.49. The normalized spacial score (nSPS) is 19.8. The summed E-state index contributed by atoms with van der Waals surface area (Å²) in [6, 6.07) is 4.17. The van der Waals surface area contributed by atoms with Crippen LogP contribution in [0.3, 0.4) is 0 Å². The van der Waals surface area contributed by atoms with Crippen molar-refractivity contribution in [2.24, 2.45) is 0 Å². The van der Waals surface area contributed by atoms with Gasteiger partial charge >= 0.3 is 0 Å². The van der Waals surface area contributed by atoms with Gasteiger partial charge in [-0.15, -0.1) is 0 Å². The van der Waals surface area contributed by atoms with Crippen molar-refractivity contribution in [1.29, 1.82) is 0 Å². The van der Waals surface area contributed by atoms with Crippen LogP contribution in [-0.2, 0) is 0 Å². The maximum Gasteiger partial charge on any atom is 0.246 e. The van der Waals surface area contributed by atoms with Gasteiger partial charge in [-0.05, 0) is 31.4 Å². The van der Waals surface area contributed by atoms with Crippen LogP contribution in [-0.4, -0.2) is 15.8 Å². The minimum atomic E-state index is -0.614. The van der Waals surface area contributed by atoms with Gasteiger partial charge < -0.3 is 14.5 Å². The summed E-state index contributed by atoms with van der Waals surface area (Å²) < 4.78 is 12.0. The highest BCUT2D eigenvalue weighted by molar-refractivity contribution is 5.73. The number of nitrogens with one attached hydrogen (secondary N) is 1. The predicted molar refractivity (Wildman–Crippen MR) is 85.3 cm³/mol. The van der Waals surface area contributed by atoms with Gasteiger partial charge in [0.25, 0.3) is 0 Å². The Balaban J connectivity index is 1.74. The van der Waals surface area contributed by atoms with Crippen LogP contribution in [0, 0.1) is 6.92 Å². The average molecular weight is 298 g/mol. The molecule has 2 aliphatic rings. The number of aromatic amines is 1. The Kier molecular flexibility index (Phi) is 2.96. The first kappa shape index (κ1) is 13.7. The molecular weight excluding hydrogens is 276 g/mol. The van der Waals surface area contributed by atoms with Crippen LogP contribution in [0.4, 0.5) is 0 Å². The van der Waals surface area contributed by atoms with Gasteiger partial charge in [-0.25, -0.2) is 4.98 Å². The van der Waals surface area contributed by atoms with E-state index in [-0.39, 0.29) is 0 Å². The van der Waals surface area contributed by atoms with Gasteiger partial charge in [0.1, 0.15) is 5.82 Å². The van der Waals surface area contributed by atoms with Gasteiger partial charge in [0.2, 0.25) is 5.79 Å². The molecule has 2 heterocycles. The number of nitrogens with zero attached hydrogens (tertiary/aromatic N) is 1. The van der Waals surface area contributed by atoms with Gasteiger partial charge in [-0.2, -0.15) is 0 Å². The zero-order chi connectivity index (χ0) is 15.3. The summed E-state index contributed by atoms with van der Waals surface area (Å²) in [4.78, 5) is 8.11. The van der Waals surface area contributed by atoms with E-state index in [9.17, 15) is 0 Å². The molecule has 1 fully saturated rings. The van der Waals surface area contributed by atoms with Gasteiger partial charge in [0.15, 0.2) is 11.5 Å². The maximum atomic E-state index is 6.03. The zero-order valence-electron chi connectivity index (χ0n) is 13.4. The zero-order valence-corrected chi connectivity index (χ0v) is 13.4. The molecule has 0 unspecified atom stereocenters.